The minimum absolute atomic E-state index is 0.00562. The molecule has 182 valence electrons. The summed E-state index contributed by atoms with van der Waals surface area (Å²) in [6.07, 6.45) is 0. The van der Waals surface area contributed by atoms with Gasteiger partial charge in [0, 0.05) is 7.11 Å². The molecule has 3 rings (SSSR count). The molecule has 0 aliphatic carbocycles. The maximum absolute atomic E-state index is 15.3. The van der Waals surface area contributed by atoms with E-state index in [0.29, 0.717) is 5.56 Å². The van der Waals surface area contributed by atoms with Crippen LogP contribution in [-0.2, 0) is 23.8 Å². The molecule has 1 aliphatic rings. The number of hydrogen-bond acceptors (Lipinski definition) is 9. The van der Waals surface area contributed by atoms with Crippen LogP contribution in [0.25, 0.3) is 0 Å². The lowest BCUT2D eigenvalue weighted by Gasteiger charge is -2.36. The molecule has 0 amide bonds. The molecule has 9 nitrogen and oxygen atoms in total. The molecule has 0 bridgehead atoms. The number of ether oxygens (including phenoxy) is 4. The molecule has 2 N–H and O–H groups in total. The van der Waals surface area contributed by atoms with Crippen LogP contribution >= 0.6 is 0 Å². The van der Waals surface area contributed by atoms with Gasteiger partial charge in [0.1, 0.15) is 29.6 Å². The molecular weight excluding hydrogens is 457 g/mol. The topological polar surface area (TPSA) is 124 Å². The first-order chi connectivity index (χ1) is 16.9. The van der Waals surface area contributed by atoms with Crippen molar-refractivity contribution in [2.24, 2.45) is 5.73 Å². The molecule has 0 aromatic heterocycles. The van der Waals surface area contributed by atoms with Crippen molar-refractivity contribution < 1.29 is 32.9 Å². The van der Waals surface area contributed by atoms with Crippen molar-refractivity contribution in [1.82, 2.24) is 0 Å². The van der Waals surface area contributed by atoms with Gasteiger partial charge in [-0.05, 0) is 17.7 Å². The van der Waals surface area contributed by atoms with E-state index in [9.17, 15) is 14.9 Å². The highest BCUT2D eigenvalue weighted by Crippen LogP contribution is 2.46. The van der Waals surface area contributed by atoms with Crippen molar-refractivity contribution in [3.05, 3.63) is 82.6 Å². The van der Waals surface area contributed by atoms with Gasteiger partial charge in [-0.25, -0.2) is 14.0 Å². The van der Waals surface area contributed by atoms with Gasteiger partial charge in [0.2, 0.25) is 0 Å². The Labute approximate surface area is 201 Å². The molecule has 1 heterocycles. The molecule has 2 aromatic carbocycles. The molecular formula is C25H24FN3O6. The summed E-state index contributed by atoms with van der Waals surface area (Å²) >= 11 is 0. The number of carbonyl (C=O) groups is 2. The summed E-state index contributed by atoms with van der Waals surface area (Å²) in [6, 6.07) is 14.5. The van der Waals surface area contributed by atoms with E-state index < -0.39 is 29.4 Å². The molecule has 2 aromatic rings. The highest BCUT2D eigenvalue weighted by Gasteiger charge is 2.44. The number of esters is 2. The zero-order valence-electron chi connectivity index (χ0n) is 19.4. The van der Waals surface area contributed by atoms with Crippen LogP contribution in [0.3, 0.4) is 0 Å². The number of benzene rings is 2. The number of nitrogens with zero attached hydrogens (tertiary/aromatic N) is 2. The molecule has 1 unspecified atom stereocenters. The van der Waals surface area contributed by atoms with E-state index in [0.717, 1.165) is 25.2 Å². The van der Waals surface area contributed by atoms with Gasteiger partial charge in [-0.2, -0.15) is 5.26 Å². The minimum atomic E-state index is -1.07. The van der Waals surface area contributed by atoms with Gasteiger partial charge in [-0.15, -0.1) is 0 Å². The largest absolute Gasteiger partial charge is 0.489 e. The molecule has 0 radical (unpaired) electrons. The van der Waals surface area contributed by atoms with Crippen LogP contribution in [0, 0.1) is 17.1 Å². The third-order valence-corrected chi connectivity index (χ3v) is 5.33. The zero-order chi connectivity index (χ0) is 25.5. The zero-order valence-corrected chi connectivity index (χ0v) is 19.4. The van der Waals surface area contributed by atoms with Gasteiger partial charge in [-0.1, -0.05) is 36.4 Å². The Morgan fingerprint density at radius 2 is 1.71 bits per heavy atom. The van der Waals surface area contributed by atoms with Gasteiger partial charge in [0.25, 0.3) is 0 Å². The lowest BCUT2D eigenvalue weighted by Crippen LogP contribution is -2.41. The van der Waals surface area contributed by atoms with Crippen LogP contribution in [0.5, 0.6) is 5.75 Å². The van der Waals surface area contributed by atoms with E-state index in [4.69, 9.17) is 24.7 Å². The maximum Gasteiger partial charge on any atom is 0.355 e. The van der Waals surface area contributed by atoms with Crippen molar-refractivity contribution >= 4 is 17.6 Å². The molecule has 10 heteroatoms. The van der Waals surface area contributed by atoms with E-state index in [2.05, 4.69) is 0 Å². The fraction of sp³-hybridized carbons (Fsp3) is 0.240. The third-order valence-electron chi connectivity index (χ3n) is 5.33. The SMILES string of the molecule is COCCOc1cccc(F)c1N1C(N)=C(C#N)C(c2ccccc2)C(C(=O)OC)=C1C(=O)OC. The summed E-state index contributed by atoms with van der Waals surface area (Å²) in [5.74, 6) is -4.05. The van der Waals surface area contributed by atoms with Crippen molar-refractivity contribution in [2.75, 3.05) is 39.4 Å². The average molecular weight is 481 g/mol. The number of anilines is 1. The number of nitrogens with two attached hydrogens (primary N) is 1. The number of hydrogen-bond donors (Lipinski definition) is 1. The quantitative estimate of drug-likeness (QED) is 0.448. The first-order valence-electron chi connectivity index (χ1n) is 10.5. The average Bonchev–Trinajstić information content (AvgIpc) is 2.88. The highest BCUT2D eigenvalue weighted by atomic mass is 19.1. The Bertz CT molecular complexity index is 1220. The minimum Gasteiger partial charge on any atom is -0.489 e. The van der Waals surface area contributed by atoms with E-state index in [1.807, 2.05) is 6.07 Å². The standard InChI is InChI=1S/C25H24FN3O6/c1-32-12-13-35-18-11-7-10-17(26)21(18)29-22(25(31)34-3)20(24(30)33-2)19(16(14-27)23(29)28)15-8-5-4-6-9-15/h4-11,19H,12-13,28H2,1-3H3. The fourth-order valence-corrected chi connectivity index (χ4v) is 3.81. The molecule has 1 atom stereocenters. The first kappa shape index (κ1) is 25.3. The Balaban J connectivity index is 2.40. The van der Waals surface area contributed by atoms with Gasteiger partial charge in [-0.3, -0.25) is 4.90 Å². The lowest BCUT2D eigenvalue weighted by molar-refractivity contribution is -0.139. The normalized spacial score (nSPS) is 15.5. The van der Waals surface area contributed by atoms with Crippen LogP contribution in [0.4, 0.5) is 10.1 Å². The predicted molar refractivity (Wildman–Crippen MR) is 123 cm³/mol. The number of carbonyl (C=O) groups excluding carboxylic acids is 2. The number of allylic oxidation sites excluding steroid dienone is 1. The molecule has 0 fully saturated rings. The molecule has 0 spiro atoms. The summed E-state index contributed by atoms with van der Waals surface area (Å²) in [6.45, 7) is 0.261. The second-order valence-corrected chi connectivity index (χ2v) is 7.26. The van der Waals surface area contributed by atoms with Crippen molar-refractivity contribution in [3.63, 3.8) is 0 Å². The smallest absolute Gasteiger partial charge is 0.355 e. The van der Waals surface area contributed by atoms with Crippen molar-refractivity contribution in [1.29, 1.82) is 5.26 Å². The Hall–Kier alpha value is -4.36. The van der Waals surface area contributed by atoms with E-state index in [-0.39, 0.29) is 41.6 Å². The summed E-state index contributed by atoms with van der Waals surface area (Å²) in [4.78, 5) is 27.2. The van der Waals surface area contributed by atoms with E-state index in [1.54, 1.807) is 30.3 Å². The van der Waals surface area contributed by atoms with Crippen molar-refractivity contribution in [3.8, 4) is 11.8 Å². The number of para-hydroxylation sites is 1. The second kappa shape index (κ2) is 11.2. The van der Waals surface area contributed by atoms with E-state index in [1.165, 1.54) is 19.2 Å². The van der Waals surface area contributed by atoms with Crippen molar-refractivity contribution in [2.45, 2.75) is 5.92 Å². The lowest BCUT2D eigenvalue weighted by atomic mass is 9.81. The number of halogens is 1. The van der Waals surface area contributed by atoms with Gasteiger partial charge >= 0.3 is 11.9 Å². The van der Waals surface area contributed by atoms with E-state index >= 15 is 4.39 Å². The van der Waals surface area contributed by atoms with Gasteiger partial charge in [0.05, 0.1) is 44.0 Å². The molecule has 0 saturated carbocycles. The first-order valence-corrected chi connectivity index (χ1v) is 10.5. The summed E-state index contributed by atoms with van der Waals surface area (Å²) in [5.41, 5.74) is 5.92. The highest BCUT2D eigenvalue weighted by molar-refractivity contribution is 6.06. The van der Waals surface area contributed by atoms with Crippen LogP contribution in [-0.4, -0.2) is 46.5 Å². The predicted octanol–water partition coefficient (Wildman–Crippen LogP) is 2.75. The molecule has 1 aliphatic heterocycles. The van der Waals surface area contributed by atoms with Gasteiger partial charge in [0.15, 0.2) is 5.82 Å². The van der Waals surface area contributed by atoms with Crippen LogP contribution < -0.4 is 15.4 Å². The van der Waals surface area contributed by atoms with Crippen LogP contribution in [0.1, 0.15) is 11.5 Å². The molecule has 0 saturated heterocycles. The van der Waals surface area contributed by atoms with Crippen LogP contribution in [0.2, 0.25) is 0 Å². The summed E-state index contributed by atoms with van der Waals surface area (Å²) < 4.78 is 35.9. The fourth-order valence-electron chi connectivity index (χ4n) is 3.81. The monoisotopic (exact) mass is 481 g/mol. The third kappa shape index (κ3) is 4.81. The number of methoxy groups -OCH3 is 3. The second-order valence-electron chi connectivity index (χ2n) is 7.26. The number of nitriles is 1. The Morgan fingerprint density at radius 3 is 2.31 bits per heavy atom. The number of rotatable bonds is 8. The van der Waals surface area contributed by atoms with Crippen LogP contribution in [0.15, 0.2) is 71.2 Å². The Kier molecular flexibility index (Phi) is 8.07. The summed E-state index contributed by atoms with van der Waals surface area (Å²) in [7, 11) is 3.72. The maximum atomic E-state index is 15.3. The molecule has 35 heavy (non-hydrogen) atoms. The summed E-state index contributed by atoms with van der Waals surface area (Å²) in [5, 5.41) is 10.1. The Morgan fingerprint density at radius 1 is 1.03 bits per heavy atom. The van der Waals surface area contributed by atoms with Gasteiger partial charge < -0.3 is 24.7 Å².